The van der Waals surface area contributed by atoms with E-state index >= 15 is 0 Å². The largest absolute Gasteiger partial charge is 0.490 e. The molecule has 3 N–H and O–H groups in total. The zero-order chi connectivity index (χ0) is 22.5. The van der Waals surface area contributed by atoms with Crippen LogP contribution in [0.4, 0.5) is 18.9 Å². The normalized spacial score (nSPS) is 10.5. The van der Waals surface area contributed by atoms with Gasteiger partial charge in [-0.05, 0) is 50.2 Å². The molecule has 0 fully saturated rings. The summed E-state index contributed by atoms with van der Waals surface area (Å²) in [5, 5.41) is 18.7. The summed E-state index contributed by atoms with van der Waals surface area (Å²) < 4.78 is 33.7. The minimum atomic E-state index is -5.08. The van der Waals surface area contributed by atoms with Gasteiger partial charge in [0.05, 0.1) is 12.0 Å². The number of rotatable bonds is 3. The Morgan fingerprint density at radius 2 is 1.77 bits per heavy atom. The fourth-order valence-electron chi connectivity index (χ4n) is 2.26. The van der Waals surface area contributed by atoms with Crippen molar-refractivity contribution < 1.29 is 27.9 Å². The van der Waals surface area contributed by atoms with E-state index < -0.39 is 12.1 Å². The first-order valence-corrected chi connectivity index (χ1v) is 8.34. The molecule has 0 aliphatic carbocycles. The number of hydrogen-bond acceptors (Lipinski definition) is 4. The summed E-state index contributed by atoms with van der Waals surface area (Å²) in [6, 6.07) is 12.6. The van der Waals surface area contributed by atoms with Gasteiger partial charge in [-0.3, -0.25) is 4.79 Å². The van der Waals surface area contributed by atoms with Crippen molar-refractivity contribution in [3.05, 3.63) is 65.5 Å². The van der Waals surface area contributed by atoms with Crippen LogP contribution in [0.1, 0.15) is 27.6 Å². The molecule has 30 heavy (non-hydrogen) atoms. The SMILES string of the molecule is Cc1ncn(-c2ccc(NC(=O)c3ccc(C#N)[nH]3)cc2)c1C.O=C(O)C(F)(F)F. The number of carbonyl (C=O) groups excluding carboxylic acids is 1. The monoisotopic (exact) mass is 419 g/mol. The molecule has 156 valence electrons. The van der Waals surface area contributed by atoms with Gasteiger partial charge in [0, 0.05) is 17.1 Å². The smallest absolute Gasteiger partial charge is 0.475 e. The molecule has 3 rings (SSSR count). The number of anilines is 1. The second-order valence-electron chi connectivity index (χ2n) is 5.99. The molecule has 0 saturated carbocycles. The maximum atomic E-state index is 12.1. The summed E-state index contributed by atoms with van der Waals surface area (Å²) in [6.45, 7) is 3.97. The molecule has 0 spiro atoms. The van der Waals surface area contributed by atoms with E-state index in [0.29, 0.717) is 17.1 Å². The third-order valence-corrected chi connectivity index (χ3v) is 3.95. The van der Waals surface area contributed by atoms with Crippen LogP contribution in [0.5, 0.6) is 0 Å². The number of benzene rings is 1. The van der Waals surface area contributed by atoms with Gasteiger partial charge in [-0.1, -0.05) is 0 Å². The van der Waals surface area contributed by atoms with E-state index in [1.165, 1.54) is 0 Å². The van der Waals surface area contributed by atoms with Gasteiger partial charge < -0.3 is 20.0 Å². The van der Waals surface area contributed by atoms with E-state index in [2.05, 4.69) is 15.3 Å². The number of nitriles is 1. The Morgan fingerprint density at radius 3 is 2.20 bits per heavy atom. The molecular formula is C19H16F3N5O3. The number of carboxylic acids is 1. The maximum Gasteiger partial charge on any atom is 0.490 e. The van der Waals surface area contributed by atoms with Crippen LogP contribution in [0, 0.1) is 25.2 Å². The van der Waals surface area contributed by atoms with Crippen LogP contribution < -0.4 is 5.32 Å². The summed E-state index contributed by atoms with van der Waals surface area (Å²) in [5.74, 6) is -3.04. The predicted octanol–water partition coefficient (Wildman–Crippen LogP) is 3.57. The number of hydrogen-bond donors (Lipinski definition) is 3. The number of aromatic nitrogens is 3. The molecular weight excluding hydrogens is 403 g/mol. The topological polar surface area (TPSA) is 124 Å². The van der Waals surface area contributed by atoms with Crippen LogP contribution in [0.15, 0.2) is 42.7 Å². The van der Waals surface area contributed by atoms with Crippen LogP contribution >= 0.6 is 0 Å². The van der Waals surface area contributed by atoms with Crippen molar-refractivity contribution in [2.24, 2.45) is 0 Å². The number of H-pyrrole nitrogens is 1. The van der Waals surface area contributed by atoms with E-state index in [-0.39, 0.29) is 5.91 Å². The van der Waals surface area contributed by atoms with Crippen LogP contribution in [0.25, 0.3) is 5.69 Å². The zero-order valence-corrected chi connectivity index (χ0v) is 15.8. The Kier molecular flexibility index (Phi) is 6.63. The summed E-state index contributed by atoms with van der Waals surface area (Å²) in [6.07, 6.45) is -3.30. The highest BCUT2D eigenvalue weighted by atomic mass is 19.4. The third-order valence-electron chi connectivity index (χ3n) is 3.95. The lowest BCUT2D eigenvalue weighted by Gasteiger charge is -2.08. The Morgan fingerprint density at radius 1 is 1.17 bits per heavy atom. The van der Waals surface area contributed by atoms with E-state index in [4.69, 9.17) is 15.2 Å². The molecule has 0 aliphatic heterocycles. The lowest BCUT2D eigenvalue weighted by Crippen LogP contribution is -2.21. The Balaban J connectivity index is 0.000000396. The minimum Gasteiger partial charge on any atom is -0.475 e. The molecule has 0 radical (unpaired) electrons. The van der Waals surface area contributed by atoms with E-state index in [0.717, 1.165) is 17.1 Å². The number of aromatic amines is 1. The van der Waals surface area contributed by atoms with Crippen molar-refractivity contribution in [1.29, 1.82) is 5.26 Å². The van der Waals surface area contributed by atoms with Crippen molar-refractivity contribution in [2.75, 3.05) is 5.32 Å². The van der Waals surface area contributed by atoms with Crippen molar-refractivity contribution in [3.8, 4) is 11.8 Å². The van der Waals surface area contributed by atoms with E-state index in [9.17, 15) is 18.0 Å². The molecule has 1 aromatic carbocycles. The van der Waals surface area contributed by atoms with Gasteiger partial charge in [0.2, 0.25) is 0 Å². The lowest BCUT2D eigenvalue weighted by atomic mass is 10.2. The van der Waals surface area contributed by atoms with Gasteiger partial charge in [0.1, 0.15) is 17.5 Å². The number of alkyl halides is 3. The Labute approximate surface area is 168 Å². The number of nitrogens with zero attached hydrogens (tertiary/aromatic N) is 3. The highest BCUT2D eigenvalue weighted by molar-refractivity contribution is 6.03. The quantitative estimate of drug-likeness (QED) is 0.599. The first-order chi connectivity index (χ1) is 14.0. The predicted molar refractivity (Wildman–Crippen MR) is 100 cm³/mol. The van der Waals surface area contributed by atoms with Gasteiger partial charge in [-0.15, -0.1) is 0 Å². The van der Waals surface area contributed by atoms with E-state index in [1.807, 2.05) is 48.7 Å². The summed E-state index contributed by atoms with van der Waals surface area (Å²) in [4.78, 5) is 28.0. The Bertz CT molecular complexity index is 1090. The molecule has 2 heterocycles. The van der Waals surface area contributed by atoms with Gasteiger partial charge in [0.25, 0.3) is 5.91 Å². The highest BCUT2D eigenvalue weighted by Gasteiger charge is 2.38. The molecule has 1 amide bonds. The number of nitrogens with one attached hydrogen (secondary N) is 2. The third kappa shape index (κ3) is 5.48. The van der Waals surface area contributed by atoms with Gasteiger partial charge in [-0.25, -0.2) is 9.78 Å². The first kappa shape index (κ1) is 22.2. The molecule has 2 aromatic heterocycles. The minimum absolute atomic E-state index is 0.283. The summed E-state index contributed by atoms with van der Waals surface area (Å²) >= 11 is 0. The fraction of sp³-hybridized carbons (Fsp3) is 0.158. The first-order valence-electron chi connectivity index (χ1n) is 8.34. The molecule has 0 saturated heterocycles. The number of carbonyl (C=O) groups is 2. The van der Waals surface area contributed by atoms with Crippen LogP contribution in [-0.4, -0.2) is 37.7 Å². The Hall–Kier alpha value is -4.07. The molecule has 8 nitrogen and oxygen atoms in total. The number of halogens is 3. The molecule has 11 heteroatoms. The molecule has 0 unspecified atom stereocenters. The van der Waals surface area contributed by atoms with Gasteiger partial charge in [0.15, 0.2) is 0 Å². The standard InChI is InChI=1S/C17H15N5O.C2HF3O2/c1-11-12(2)22(10-19-11)15-6-3-13(4-7-15)21-17(23)16-8-5-14(9-18)20-16;3-2(4,5)1(6)7/h3-8,10,20H,1-2H3,(H,21,23);(H,6,7). The van der Waals surface area contributed by atoms with Crippen molar-refractivity contribution in [2.45, 2.75) is 20.0 Å². The maximum absolute atomic E-state index is 12.1. The lowest BCUT2D eigenvalue weighted by molar-refractivity contribution is -0.192. The average molecular weight is 419 g/mol. The fourth-order valence-corrected chi connectivity index (χ4v) is 2.26. The number of aryl methyl sites for hydroxylation is 1. The highest BCUT2D eigenvalue weighted by Crippen LogP contribution is 2.17. The van der Waals surface area contributed by atoms with E-state index in [1.54, 1.807) is 18.5 Å². The van der Waals surface area contributed by atoms with Crippen molar-refractivity contribution >= 4 is 17.6 Å². The second kappa shape index (κ2) is 8.95. The summed E-state index contributed by atoms with van der Waals surface area (Å²) in [7, 11) is 0. The molecule has 3 aromatic rings. The average Bonchev–Trinajstić information content (AvgIpc) is 3.30. The van der Waals surface area contributed by atoms with Gasteiger partial charge >= 0.3 is 12.1 Å². The number of carboxylic acid groups (broad SMARTS) is 1. The van der Waals surface area contributed by atoms with Gasteiger partial charge in [-0.2, -0.15) is 18.4 Å². The van der Waals surface area contributed by atoms with Crippen LogP contribution in [-0.2, 0) is 4.79 Å². The van der Waals surface area contributed by atoms with Crippen LogP contribution in [0.3, 0.4) is 0 Å². The second-order valence-corrected chi connectivity index (χ2v) is 5.99. The number of imidazole rings is 1. The van der Waals surface area contributed by atoms with Crippen molar-refractivity contribution in [3.63, 3.8) is 0 Å². The number of aliphatic carboxylic acids is 1. The molecule has 0 aliphatic rings. The van der Waals surface area contributed by atoms with Crippen molar-refractivity contribution in [1.82, 2.24) is 14.5 Å². The zero-order valence-electron chi connectivity index (χ0n) is 15.8. The molecule has 0 bridgehead atoms. The number of amides is 1. The molecule has 0 atom stereocenters. The van der Waals surface area contributed by atoms with Crippen LogP contribution in [0.2, 0.25) is 0 Å². The summed E-state index contributed by atoms with van der Waals surface area (Å²) in [5.41, 5.74) is 4.44.